The molecule has 1 amide bonds. The zero-order valence-corrected chi connectivity index (χ0v) is 17.9. The molecule has 5 rings (SSSR count). The summed E-state index contributed by atoms with van der Waals surface area (Å²) in [7, 11) is 0. The molecule has 0 spiro atoms. The van der Waals surface area contributed by atoms with Gasteiger partial charge in [-0.2, -0.15) is 9.78 Å². The number of nitrogens with zero attached hydrogens (tertiary/aromatic N) is 3. The molecular weight excluding hydrogens is 424 g/mol. The van der Waals surface area contributed by atoms with Crippen molar-refractivity contribution >= 4 is 23.1 Å². The Bertz CT molecular complexity index is 1360. The van der Waals surface area contributed by atoms with E-state index < -0.39 is 0 Å². The van der Waals surface area contributed by atoms with Gasteiger partial charge in [-0.05, 0) is 43.3 Å². The van der Waals surface area contributed by atoms with E-state index in [9.17, 15) is 4.79 Å². The number of thiazole rings is 1. The Kier molecular flexibility index (Phi) is 5.27. The van der Waals surface area contributed by atoms with Crippen molar-refractivity contribution in [2.45, 2.75) is 6.92 Å². The minimum Gasteiger partial charge on any atom is -0.463 e. The smallest absolute Gasteiger partial charge is 0.260 e. The number of ether oxygens (including phenoxy) is 1. The van der Waals surface area contributed by atoms with Gasteiger partial charge in [0, 0.05) is 11.4 Å². The highest BCUT2D eigenvalue weighted by atomic mass is 32.1. The predicted molar refractivity (Wildman–Crippen MR) is 123 cm³/mol. The zero-order chi connectivity index (χ0) is 21.9. The maximum absolute atomic E-state index is 13.1. The third-order valence-electron chi connectivity index (χ3n) is 4.62. The van der Waals surface area contributed by atoms with Crippen LogP contribution in [0, 0.1) is 6.92 Å². The van der Waals surface area contributed by atoms with Crippen LogP contribution in [0.25, 0.3) is 16.6 Å². The van der Waals surface area contributed by atoms with Crippen LogP contribution < -0.4 is 10.1 Å². The van der Waals surface area contributed by atoms with Gasteiger partial charge in [0.2, 0.25) is 5.13 Å². The summed E-state index contributed by atoms with van der Waals surface area (Å²) in [6.07, 6.45) is 1.60. The molecule has 0 aliphatic heterocycles. The number of carbonyl (C=O) groups is 1. The minimum atomic E-state index is -0.305. The molecule has 0 saturated carbocycles. The quantitative estimate of drug-likeness (QED) is 0.352. The first-order valence-electron chi connectivity index (χ1n) is 9.87. The molecule has 3 aromatic heterocycles. The van der Waals surface area contributed by atoms with Gasteiger partial charge in [-0.3, -0.25) is 4.79 Å². The molecule has 8 heteroatoms. The van der Waals surface area contributed by atoms with Crippen molar-refractivity contribution < 1.29 is 13.9 Å². The van der Waals surface area contributed by atoms with Gasteiger partial charge in [0.1, 0.15) is 23.0 Å². The van der Waals surface area contributed by atoms with Crippen LogP contribution in [0.5, 0.6) is 11.5 Å². The lowest BCUT2D eigenvalue weighted by molar-refractivity contribution is 0.102. The molecule has 0 atom stereocenters. The number of para-hydroxylation sites is 2. The van der Waals surface area contributed by atoms with E-state index in [1.54, 1.807) is 35.2 Å². The number of hydrogen-bond acceptors (Lipinski definition) is 6. The molecule has 0 saturated heterocycles. The van der Waals surface area contributed by atoms with Crippen LogP contribution >= 0.6 is 11.3 Å². The lowest BCUT2D eigenvalue weighted by Gasteiger charge is -2.11. The maximum Gasteiger partial charge on any atom is 0.260 e. The van der Waals surface area contributed by atoms with Gasteiger partial charge in [0.15, 0.2) is 5.76 Å². The van der Waals surface area contributed by atoms with Crippen LogP contribution in [0.1, 0.15) is 16.1 Å². The van der Waals surface area contributed by atoms with E-state index in [0.29, 0.717) is 39.5 Å². The molecule has 1 N–H and O–H groups in total. The minimum absolute atomic E-state index is 0.305. The summed E-state index contributed by atoms with van der Waals surface area (Å²) in [4.78, 5) is 17.7. The normalized spacial score (nSPS) is 10.8. The number of aryl methyl sites for hydroxylation is 1. The molecule has 0 radical (unpaired) electrons. The van der Waals surface area contributed by atoms with Gasteiger partial charge in [-0.15, -0.1) is 11.3 Å². The molecular formula is C24H18N4O3S. The molecule has 0 aliphatic rings. The first kappa shape index (κ1) is 19.8. The lowest BCUT2D eigenvalue weighted by atomic mass is 10.2. The largest absolute Gasteiger partial charge is 0.463 e. The second-order valence-electron chi connectivity index (χ2n) is 6.94. The number of hydrogen-bond donors (Lipinski definition) is 1. The van der Waals surface area contributed by atoms with Crippen LogP contribution in [-0.4, -0.2) is 20.7 Å². The third-order valence-corrected chi connectivity index (χ3v) is 5.44. The van der Waals surface area contributed by atoms with Crippen LogP contribution in [-0.2, 0) is 0 Å². The van der Waals surface area contributed by atoms with Gasteiger partial charge in [-0.25, -0.2) is 4.98 Å². The number of furan rings is 1. The van der Waals surface area contributed by atoms with E-state index in [1.807, 2.05) is 60.8 Å². The van der Waals surface area contributed by atoms with E-state index in [2.05, 4.69) is 15.4 Å². The van der Waals surface area contributed by atoms with Gasteiger partial charge >= 0.3 is 0 Å². The number of rotatable bonds is 6. The maximum atomic E-state index is 13.1. The molecule has 0 unspecified atom stereocenters. The summed E-state index contributed by atoms with van der Waals surface area (Å²) in [5.41, 5.74) is 1.88. The fraction of sp³-hybridized carbons (Fsp3) is 0.0417. The van der Waals surface area contributed by atoms with Crippen molar-refractivity contribution in [3.05, 3.63) is 95.7 Å². The number of benzene rings is 2. The van der Waals surface area contributed by atoms with Gasteiger partial charge in [0.25, 0.3) is 5.91 Å². The van der Waals surface area contributed by atoms with E-state index in [-0.39, 0.29) is 5.91 Å². The summed E-state index contributed by atoms with van der Waals surface area (Å²) in [6.45, 7) is 1.86. The van der Waals surface area contributed by atoms with Crippen molar-refractivity contribution in [3.8, 4) is 28.1 Å². The lowest BCUT2D eigenvalue weighted by Crippen LogP contribution is -2.16. The number of anilines is 1. The van der Waals surface area contributed by atoms with Crippen LogP contribution in [0.2, 0.25) is 0 Å². The summed E-state index contributed by atoms with van der Waals surface area (Å²) in [6, 6.07) is 21.9. The molecule has 0 fully saturated rings. The SMILES string of the molecule is Cc1cc(NC(=O)c2ccccc2Oc2ccccc2)n(-c2nc(-c3ccco3)cs2)n1. The van der Waals surface area contributed by atoms with Gasteiger partial charge < -0.3 is 14.5 Å². The van der Waals surface area contributed by atoms with E-state index in [1.165, 1.54) is 11.3 Å². The van der Waals surface area contributed by atoms with Crippen molar-refractivity contribution in [1.82, 2.24) is 14.8 Å². The van der Waals surface area contributed by atoms with E-state index in [4.69, 9.17) is 9.15 Å². The summed E-state index contributed by atoms with van der Waals surface area (Å²) >= 11 is 1.41. The average molecular weight is 443 g/mol. The van der Waals surface area contributed by atoms with Crippen LogP contribution in [0.3, 0.4) is 0 Å². The van der Waals surface area contributed by atoms with Crippen molar-refractivity contribution in [3.63, 3.8) is 0 Å². The highest BCUT2D eigenvalue weighted by molar-refractivity contribution is 7.12. The number of nitrogens with one attached hydrogen (secondary N) is 1. The molecule has 3 heterocycles. The van der Waals surface area contributed by atoms with Crippen molar-refractivity contribution in [1.29, 1.82) is 0 Å². The first-order chi connectivity index (χ1) is 15.7. The highest BCUT2D eigenvalue weighted by Gasteiger charge is 2.18. The molecule has 158 valence electrons. The summed E-state index contributed by atoms with van der Waals surface area (Å²) in [5.74, 6) is 2.01. The van der Waals surface area contributed by atoms with Gasteiger partial charge in [-0.1, -0.05) is 30.3 Å². The standard InChI is InChI=1S/C24H18N4O3S/c1-16-14-22(28(27-16)24-25-19(15-32-24)21-12-7-13-30-21)26-23(29)18-10-5-6-11-20(18)31-17-8-3-2-4-9-17/h2-15H,1H3,(H,26,29). The fourth-order valence-corrected chi connectivity index (χ4v) is 3.95. The van der Waals surface area contributed by atoms with Crippen LogP contribution in [0.15, 0.2) is 88.9 Å². The highest BCUT2D eigenvalue weighted by Crippen LogP contribution is 2.28. The Labute approximate surface area is 187 Å². The first-order valence-corrected chi connectivity index (χ1v) is 10.7. The molecule has 32 heavy (non-hydrogen) atoms. The Balaban J connectivity index is 1.42. The number of amides is 1. The van der Waals surface area contributed by atoms with Gasteiger partial charge in [0.05, 0.1) is 17.5 Å². The van der Waals surface area contributed by atoms with Crippen molar-refractivity contribution in [2.24, 2.45) is 0 Å². The predicted octanol–water partition coefficient (Wildman–Crippen LogP) is 5.94. The second kappa shape index (κ2) is 8.52. The molecule has 0 bridgehead atoms. The summed E-state index contributed by atoms with van der Waals surface area (Å²) in [5, 5.41) is 9.95. The monoisotopic (exact) mass is 442 g/mol. The van der Waals surface area contributed by atoms with Crippen LogP contribution in [0.4, 0.5) is 5.82 Å². The Morgan fingerprint density at radius 3 is 2.69 bits per heavy atom. The molecule has 5 aromatic rings. The second-order valence-corrected chi connectivity index (χ2v) is 7.78. The van der Waals surface area contributed by atoms with E-state index >= 15 is 0 Å². The Hall–Kier alpha value is -4.17. The molecule has 0 aliphatic carbocycles. The topological polar surface area (TPSA) is 82.2 Å². The number of aromatic nitrogens is 3. The Morgan fingerprint density at radius 2 is 1.88 bits per heavy atom. The zero-order valence-electron chi connectivity index (χ0n) is 17.1. The summed E-state index contributed by atoms with van der Waals surface area (Å²) < 4.78 is 13.0. The molecule has 7 nitrogen and oxygen atoms in total. The third kappa shape index (κ3) is 4.03. The average Bonchev–Trinajstić information content (AvgIpc) is 3.56. The number of carbonyl (C=O) groups excluding carboxylic acids is 1. The van der Waals surface area contributed by atoms with E-state index in [0.717, 1.165) is 5.69 Å². The fourth-order valence-electron chi connectivity index (χ4n) is 3.18. The molecule has 2 aromatic carbocycles. The Morgan fingerprint density at radius 1 is 1.06 bits per heavy atom. The van der Waals surface area contributed by atoms with Crippen molar-refractivity contribution in [2.75, 3.05) is 5.32 Å².